The molecule has 23 heavy (non-hydrogen) atoms. The third kappa shape index (κ3) is 3.80. The molecule has 0 fully saturated rings. The fourth-order valence-electron chi connectivity index (χ4n) is 2.52. The molecule has 0 spiro atoms. The molecule has 0 atom stereocenters. The standard InChI is InChI=1S/C18H20N2O3/c1-11-12(2)18(23)14(13(3)17(11)22)7-6-9-16(21)20-15-8-4-5-10-19-15/h4-5,8,10H,6-7,9H2,1-3H3,(H,19,20,21). The van der Waals surface area contributed by atoms with Crippen LogP contribution in [0, 0.1) is 0 Å². The number of allylic oxidation sites excluding steroid dienone is 4. The van der Waals surface area contributed by atoms with Crippen molar-refractivity contribution in [2.45, 2.75) is 40.0 Å². The van der Waals surface area contributed by atoms with Crippen LogP contribution in [-0.4, -0.2) is 22.5 Å². The van der Waals surface area contributed by atoms with Crippen molar-refractivity contribution in [3.8, 4) is 0 Å². The van der Waals surface area contributed by atoms with Crippen LogP contribution in [0.15, 0.2) is 46.7 Å². The van der Waals surface area contributed by atoms with Gasteiger partial charge in [-0.3, -0.25) is 14.4 Å². The highest BCUT2D eigenvalue weighted by Gasteiger charge is 2.27. The molecule has 0 saturated carbocycles. The molecule has 1 aliphatic carbocycles. The summed E-state index contributed by atoms with van der Waals surface area (Å²) in [6.07, 6.45) is 2.82. The molecule has 0 unspecified atom stereocenters. The number of carbonyl (C=O) groups excluding carboxylic acids is 3. The Labute approximate surface area is 135 Å². The van der Waals surface area contributed by atoms with Crippen LogP contribution in [0.5, 0.6) is 0 Å². The van der Waals surface area contributed by atoms with Crippen molar-refractivity contribution in [2.75, 3.05) is 5.32 Å². The first kappa shape index (κ1) is 16.8. The van der Waals surface area contributed by atoms with Gasteiger partial charge in [-0.25, -0.2) is 4.98 Å². The summed E-state index contributed by atoms with van der Waals surface area (Å²) in [5.41, 5.74) is 2.06. The third-order valence-corrected chi connectivity index (χ3v) is 4.07. The number of ketones is 2. The lowest BCUT2D eigenvalue weighted by Crippen LogP contribution is -2.21. The number of pyridine rings is 1. The minimum Gasteiger partial charge on any atom is -0.311 e. The number of anilines is 1. The Morgan fingerprint density at radius 3 is 2.39 bits per heavy atom. The van der Waals surface area contributed by atoms with E-state index in [2.05, 4.69) is 10.3 Å². The van der Waals surface area contributed by atoms with Crippen molar-refractivity contribution in [1.29, 1.82) is 0 Å². The average molecular weight is 312 g/mol. The summed E-state index contributed by atoms with van der Waals surface area (Å²) in [5.74, 6) is 0.200. The number of nitrogens with one attached hydrogen (secondary N) is 1. The zero-order chi connectivity index (χ0) is 17.0. The van der Waals surface area contributed by atoms with Crippen LogP contribution in [0.1, 0.15) is 40.0 Å². The second-order valence-electron chi connectivity index (χ2n) is 5.63. The number of hydrogen-bond acceptors (Lipinski definition) is 4. The monoisotopic (exact) mass is 312 g/mol. The largest absolute Gasteiger partial charge is 0.311 e. The van der Waals surface area contributed by atoms with E-state index in [-0.39, 0.29) is 23.9 Å². The summed E-state index contributed by atoms with van der Waals surface area (Å²) in [7, 11) is 0. The number of Topliss-reactive ketones (excluding diaryl/α,β-unsaturated/α-hetero) is 2. The second kappa shape index (κ2) is 7.13. The Balaban J connectivity index is 1.92. The first-order valence-electron chi connectivity index (χ1n) is 7.59. The topological polar surface area (TPSA) is 76.1 Å². The van der Waals surface area contributed by atoms with Gasteiger partial charge in [0.05, 0.1) is 0 Å². The molecule has 0 saturated heterocycles. The highest BCUT2D eigenvalue weighted by atomic mass is 16.2. The third-order valence-electron chi connectivity index (χ3n) is 4.07. The maximum Gasteiger partial charge on any atom is 0.225 e. The van der Waals surface area contributed by atoms with Gasteiger partial charge >= 0.3 is 0 Å². The molecular formula is C18H20N2O3. The highest BCUT2D eigenvalue weighted by Crippen LogP contribution is 2.27. The van der Waals surface area contributed by atoms with Crippen molar-refractivity contribution in [3.63, 3.8) is 0 Å². The lowest BCUT2D eigenvalue weighted by atomic mass is 9.84. The molecule has 120 valence electrons. The number of amides is 1. The fourth-order valence-corrected chi connectivity index (χ4v) is 2.52. The van der Waals surface area contributed by atoms with Gasteiger partial charge in [-0.2, -0.15) is 0 Å². The summed E-state index contributed by atoms with van der Waals surface area (Å²) < 4.78 is 0. The molecule has 1 aliphatic rings. The molecule has 0 aliphatic heterocycles. The van der Waals surface area contributed by atoms with Gasteiger partial charge in [-0.15, -0.1) is 0 Å². The number of aromatic nitrogens is 1. The van der Waals surface area contributed by atoms with Gasteiger partial charge in [0.25, 0.3) is 0 Å². The lowest BCUT2D eigenvalue weighted by molar-refractivity contribution is -0.117. The molecule has 1 aromatic rings. The minimum absolute atomic E-state index is 0.0740. The molecule has 1 heterocycles. The molecule has 1 N–H and O–H groups in total. The number of rotatable bonds is 5. The van der Waals surface area contributed by atoms with Crippen molar-refractivity contribution in [2.24, 2.45) is 0 Å². The van der Waals surface area contributed by atoms with Crippen LogP contribution in [0.2, 0.25) is 0 Å². The maximum absolute atomic E-state index is 12.3. The number of nitrogens with zero attached hydrogens (tertiary/aromatic N) is 1. The predicted molar refractivity (Wildman–Crippen MR) is 87.8 cm³/mol. The predicted octanol–water partition coefficient (Wildman–Crippen LogP) is 3.00. The summed E-state index contributed by atoms with van der Waals surface area (Å²) in [6.45, 7) is 5.03. The van der Waals surface area contributed by atoms with E-state index in [0.717, 1.165) is 0 Å². The van der Waals surface area contributed by atoms with E-state index in [4.69, 9.17) is 0 Å². The van der Waals surface area contributed by atoms with Crippen molar-refractivity contribution in [1.82, 2.24) is 4.98 Å². The van der Waals surface area contributed by atoms with Crippen molar-refractivity contribution in [3.05, 3.63) is 46.7 Å². The Hall–Kier alpha value is -2.56. The van der Waals surface area contributed by atoms with Crippen LogP contribution in [0.3, 0.4) is 0 Å². The summed E-state index contributed by atoms with van der Waals surface area (Å²) in [6, 6.07) is 5.28. The Kier molecular flexibility index (Phi) is 5.21. The van der Waals surface area contributed by atoms with E-state index in [1.807, 2.05) is 0 Å². The van der Waals surface area contributed by atoms with E-state index in [0.29, 0.717) is 41.0 Å². The fraction of sp³-hybridized carbons (Fsp3) is 0.333. The van der Waals surface area contributed by atoms with E-state index < -0.39 is 0 Å². The van der Waals surface area contributed by atoms with Crippen LogP contribution < -0.4 is 5.32 Å². The summed E-state index contributed by atoms with van der Waals surface area (Å²) in [5, 5.41) is 2.70. The molecule has 1 amide bonds. The molecule has 2 rings (SSSR count). The zero-order valence-corrected chi connectivity index (χ0v) is 13.6. The summed E-state index contributed by atoms with van der Waals surface area (Å²) >= 11 is 0. The van der Waals surface area contributed by atoms with Crippen LogP contribution in [-0.2, 0) is 14.4 Å². The minimum atomic E-state index is -0.153. The Bertz CT molecular complexity index is 715. The number of carbonyl (C=O) groups is 3. The normalized spacial score (nSPS) is 15.3. The van der Waals surface area contributed by atoms with Crippen LogP contribution >= 0.6 is 0 Å². The van der Waals surface area contributed by atoms with E-state index in [1.54, 1.807) is 45.2 Å². The maximum atomic E-state index is 12.3. The lowest BCUT2D eigenvalue weighted by Gasteiger charge is -2.18. The van der Waals surface area contributed by atoms with Crippen LogP contribution in [0.4, 0.5) is 5.82 Å². The summed E-state index contributed by atoms with van der Waals surface area (Å²) in [4.78, 5) is 40.2. The quantitative estimate of drug-likeness (QED) is 0.848. The van der Waals surface area contributed by atoms with Crippen molar-refractivity contribution < 1.29 is 14.4 Å². The van der Waals surface area contributed by atoms with Gasteiger partial charge in [0.2, 0.25) is 5.91 Å². The molecule has 1 aromatic heterocycles. The number of hydrogen-bond donors (Lipinski definition) is 1. The van der Waals surface area contributed by atoms with Gasteiger partial charge in [-0.05, 0) is 45.7 Å². The van der Waals surface area contributed by atoms with Gasteiger partial charge in [-0.1, -0.05) is 6.07 Å². The van der Waals surface area contributed by atoms with Gasteiger partial charge < -0.3 is 5.32 Å². The molecular weight excluding hydrogens is 292 g/mol. The Morgan fingerprint density at radius 1 is 1.04 bits per heavy atom. The average Bonchev–Trinajstić information content (AvgIpc) is 2.55. The molecule has 0 radical (unpaired) electrons. The smallest absolute Gasteiger partial charge is 0.225 e. The highest BCUT2D eigenvalue weighted by molar-refractivity contribution is 6.24. The van der Waals surface area contributed by atoms with Gasteiger partial charge in [0.1, 0.15) is 5.82 Å². The molecule has 0 bridgehead atoms. The van der Waals surface area contributed by atoms with Crippen molar-refractivity contribution >= 4 is 23.3 Å². The molecule has 5 heteroatoms. The molecule has 0 aromatic carbocycles. The van der Waals surface area contributed by atoms with E-state index in [9.17, 15) is 14.4 Å². The van der Waals surface area contributed by atoms with Crippen LogP contribution in [0.25, 0.3) is 0 Å². The first-order chi connectivity index (χ1) is 10.9. The molecule has 5 nitrogen and oxygen atoms in total. The van der Waals surface area contributed by atoms with Gasteiger partial charge in [0, 0.05) is 34.9 Å². The zero-order valence-electron chi connectivity index (χ0n) is 13.6. The van der Waals surface area contributed by atoms with E-state index in [1.165, 1.54) is 0 Å². The second-order valence-corrected chi connectivity index (χ2v) is 5.63. The Morgan fingerprint density at radius 2 is 1.74 bits per heavy atom. The first-order valence-corrected chi connectivity index (χ1v) is 7.59. The van der Waals surface area contributed by atoms with Gasteiger partial charge in [0.15, 0.2) is 11.6 Å². The van der Waals surface area contributed by atoms with E-state index >= 15 is 0 Å². The SMILES string of the molecule is CC1=C(C)C(=O)C(CCCC(=O)Nc2ccccn2)=C(C)C1=O.